The van der Waals surface area contributed by atoms with Crippen molar-refractivity contribution in [3.05, 3.63) is 17.9 Å². The maximum absolute atomic E-state index is 10.8. The Labute approximate surface area is 68.5 Å². The number of carboxylic acid groups (broad SMARTS) is 1. The molecule has 0 aliphatic heterocycles. The predicted octanol–water partition coefficient (Wildman–Crippen LogP) is 0.381. The van der Waals surface area contributed by atoms with E-state index in [0.717, 1.165) is 18.4 Å². The van der Waals surface area contributed by atoms with Crippen molar-refractivity contribution in [1.29, 1.82) is 0 Å². The summed E-state index contributed by atoms with van der Waals surface area (Å²) in [6.07, 6.45) is 0.942. The molecule has 0 atom stereocenters. The number of carbonyl (C=O) groups is 1. The quantitative estimate of drug-likeness (QED) is 0.728. The Bertz CT molecular complexity index is 399. The smallest absolute Gasteiger partial charge is 0.371 e. The van der Waals surface area contributed by atoms with Crippen LogP contribution in [0, 0.1) is 0 Å². The Kier molecular flexibility index (Phi) is 1.93. The van der Waals surface area contributed by atoms with Crippen LogP contribution >= 0.6 is 0 Å². The molecule has 1 aromatic rings. The SMILES string of the molecule is CS(=O)(=O)c1ccc(C(=O)O)o1. The van der Waals surface area contributed by atoms with Crippen LogP contribution in [0.25, 0.3) is 0 Å². The van der Waals surface area contributed by atoms with Crippen LogP contribution in [-0.2, 0) is 9.84 Å². The van der Waals surface area contributed by atoms with Crippen LogP contribution in [0.15, 0.2) is 21.6 Å². The van der Waals surface area contributed by atoms with Gasteiger partial charge in [-0.05, 0) is 12.1 Å². The molecule has 6 heteroatoms. The fourth-order valence-corrected chi connectivity index (χ4v) is 1.19. The number of aromatic carboxylic acids is 1. The lowest BCUT2D eigenvalue weighted by Gasteiger charge is -1.88. The Morgan fingerprint density at radius 1 is 1.50 bits per heavy atom. The van der Waals surface area contributed by atoms with Gasteiger partial charge in [0.15, 0.2) is 0 Å². The number of carboxylic acids is 1. The van der Waals surface area contributed by atoms with Gasteiger partial charge in [-0.2, -0.15) is 0 Å². The third-order valence-electron chi connectivity index (χ3n) is 1.16. The molecule has 1 N–H and O–H groups in total. The van der Waals surface area contributed by atoms with Crippen molar-refractivity contribution in [2.75, 3.05) is 6.26 Å². The minimum absolute atomic E-state index is 0.333. The second kappa shape index (κ2) is 2.63. The monoisotopic (exact) mass is 190 g/mol. The van der Waals surface area contributed by atoms with E-state index in [1.54, 1.807) is 0 Å². The largest absolute Gasteiger partial charge is 0.475 e. The summed E-state index contributed by atoms with van der Waals surface area (Å²) in [5.41, 5.74) is 0. The molecule has 1 rings (SSSR count). The highest BCUT2D eigenvalue weighted by Gasteiger charge is 2.15. The molecule has 0 aromatic carbocycles. The summed E-state index contributed by atoms with van der Waals surface area (Å²) in [4.78, 5) is 10.3. The molecule has 1 heterocycles. The van der Waals surface area contributed by atoms with Crippen molar-refractivity contribution < 1.29 is 22.7 Å². The van der Waals surface area contributed by atoms with E-state index in [1.165, 1.54) is 0 Å². The van der Waals surface area contributed by atoms with Crippen molar-refractivity contribution in [2.45, 2.75) is 5.09 Å². The van der Waals surface area contributed by atoms with E-state index in [1.807, 2.05) is 0 Å². The lowest BCUT2D eigenvalue weighted by Crippen LogP contribution is -1.95. The van der Waals surface area contributed by atoms with Crippen LogP contribution in [-0.4, -0.2) is 25.7 Å². The van der Waals surface area contributed by atoms with Crippen molar-refractivity contribution in [2.24, 2.45) is 0 Å². The molecule has 0 saturated carbocycles. The van der Waals surface area contributed by atoms with Gasteiger partial charge in [0.25, 0.3) is 0 Å². The topological polar surface area (TPSA) is 84.6 Å². The Morgan fingerprint density at radius 2 is 2.08 bits per heavy atom. The molecule has 0 aliphatic rings. The van der Waals surface area contributed by atoms with Gasteiger partial charge in [-0.15, -0.1) is 0 Å². The summed E-state index contributed by atoms with van der Waals surface area (Å²) in [7, 11) is -3.45. The Morgan fingerprint density at radius 3 is 2.33 bits per heavy atom. The van der Waals surface area contributed by atoms with Gasteiger partial charge in [-0.25, -0.2) is 13.2 Å². The van der Waals surface area contributed by atoms with Crippen LogP contribution < -0.4 is 0 Å². The van der Waals surface area contributed by atoms with Crippen LogP contribution in [0.2, 0.25) is 0 Å². The molecular formula is C6H6O5S. The fraction of sp³-hybridized carbons (Fsp3) is 0.167. The molecule has 0 spiro atoms. The van der Waals surface area contributed by atoms with Gasteiger partial charge in [-0.3, -0.25) is 0 Å². The standard InChI is InChI=1S/C6H6O5S/c1-12(9,10)5-3-2-4(11-5)6(7)8/h2-3H,1H3,(H,7,8). The van der Waals surface area contributed by atoms with Gasteiger partial charge >= 0.3 is 5.97 Å². The van der Waals surface area contributed by atoms with Crippen molar-refractivity contribution in [3.63, 3.8) is 0 Å². The van der Waals surface area contributed by atoms with E-state index in [0.29, 0.717) is 0 Å². The molecule has 0 unspecified atom stereocenters. The maximum atomic E-state index is 10.8. The lowest BCUT2D eigenvalue weighted by molar-refractivity contribution is 0.0656. The number of hydrogen-bond donors (Lipinski definition) is 1. The Hall–Kier alpha value is -1.30. The lowest BCUT2D eigenvalue weighted by atomic mass is 10.5. The fourth-order valence-electron chi connectivity index (χ4n) is 0.634. The minimum atomic E-state index is -3.45. The van der Waals surface area contributed by atoms with Gasteiger partial charge in [0.1, 0.15) is 0 Å². The second-order valence-electron chi connectivity index (χ2n) is 2.20. The number of rotatable bonds is 2. The number of hydrogen-bond acceptors (Lipinski definition) is 4. The van der Waals surface area contributed by atoms with Gasteiger partial charge in [0.05, 0.1) is 0 Å². The molecule has 0 bridgehead atoms. The highest BCUT2D eigenvalue weighted by atomic mass is 32.2. The van der Waals surface area contributed by atoms with E-state index >= 15 is 0 Å². The Balaban J connectivity index is 3.17. The van der Waals surface area contributed by atoms with E-state index in [-0.39, 0.29) is 10.9 Å². The average molecular weight is 190 g/mol. The summed E-state index contributed by atoms with van der Waals surface area (Å²) < 4.78 is 26.1. The van der Waals surface area contributed by atoms with Crippen LogP contribution in [0.3, 0.4) is 0 Å². The first-order chi connectivity index (χ1) is 5.41. The van der Waals surface area contributed by atoms with Crippen molar-refractivity contribution >= 4 is 15.8 Å². The number of sulfone groups is 1. The normalized spacial score (nSPS) is 11.4. The molecule has 5 nitrogen and oxygen atoms in total. The van der Waals surface area contributed by atoms with Gasteiger partial charge < -0.3 is 9.52 Å². The van der Waals surface area contributed by atoms with Crippen LogP contribution in [0.1, 0.15) is 10.6 Å². The summed E-state index contributed by atoms with van der Waals surface area (Å²) in [5, 5.41) is 8.04. The molecule has 0 amide bonds. The zero-order valence-corrected chi connectivity index (χ0v) is 6.96. The molecule has 1 aromatic heterocycles. The van der Waals surface area contributed by atoms with E-state index < -0.39 is 15.8 Å². The highest BCUT2D eigenvalue weighted by molar-refractivity contribution is 7.90. The van der Waals surface area contributed by atoms with Crippen LogP contribution in [0.5, 0.6) is 0 Å². The molecule has 66 valence electrons. The summed E-state index contributed by atoms with van der Waals surface area (Å²) >= 11 is 0. The zero-order valence-electron chi connectivity index (χ0n) is 6.14. The van der Waals surface area contributed by atoms with Gasteiger partial charge in [0.2, 0.25) is 20.7 Å². The van der Waals surface area contributed by atoms with E-state index in [2.05, 4.69) is 4.42 Å². The maximum Gasteiger partial charge on any atom is 0.371 e. The first-order valence-electron chi connectivity index (χ1n) is 2.94. The second-order valence-corrected chi connectivity index (χ2v) is 4.14. The van der Waals surface area contributed by atoms with E-state index in [4.69, 9.17) is 5.11 Å². The van der Waals surface area contributed by atoms with Gasteiger partial charge in [0, 0.05) is 6.26 Å². The summed E-state index contributed by atoms with van der Waals surface area (Å²) in [6.45, 7) is 0. The zero-order chi connectivity index (χ0) is 9.35. The van der Waals surface area contributed by atoms with Crippen molar-refractivity contribution in [3.8, 4) is 0 Å². The number of furan rings is 1. The van der Waals surface area contributed by atoms with Crippen molar-refractivity contribution in [1.82, 2.24) is 0 Å². The molecule has 0 aliphatic carbocycles. The molecular weight excluding hydrogens is 184 g/mol. The van der Waals surface area contributed by atoms with Gasteiger partial charge in [-0.1, -0.05) is 0 Å². The first kappa shape index (κ1) is 8.79. The third-order valence-corrected chi connectivity index (χ3v) is 2.11. The molecule has 0 saturated heterocycles. The summed E-state index contributed by atoms with van der Waals surface area (Å²) in [6, 6.07) is 2.21. The average Bonchev–Trinajstić information content (AvgIpc) is 2.30. The third kappa shape index (κ3) is 1.65. The minimum Gasteiger partial charge on any atom is -0.475 e. The molecule has 12 heavy (non-hydrogen) atoms. The molecule has 0 fully saturated rings. The molecule has 0 radical (unpaired) electrons. The van der Waals surface area contributed by atoms with Crippen LogP contribution in [0.4, 0.5) is 0 Å². The highest BCUT2D eigenvalue weighted by Crippen LogP contribution is 2.12. The summed E-state index contributed by atoms with van der Waals surface area (Å²) in [5.74, 6) is -1.67. The predicted molar refractivity (Wildman–Crippen MR) is 38.8 cm³/mol. The van der Waals surface area contributed by atoms with E-state index in [9.17, 15) is 13.2 Å². The first-order valence-corrected chi connectivity index (χ1v) is 4.83.